The standard InChI is InChI=1S/C21H22ClN5O3/c1-30-18-10-2-14(3-11-18)19-25-26(21(29)27(19)17-8-9-17)13-12-23-20(28)24-16-6-4-15(22)5-7-16/h2-7,10-11,17H,8-9,12-13H2,1H3,(H2,23,24,28). The zero-order chi connectivity index (χ0) is 21.1. The molecule has 1 heterocycles. The Morgan fingerprint density at radius 1 is 1.17 bits per heavy atom. The van der Waals surface area contributed by atoms with Gasteiger partial charge < -0.3 is 15.4 Å². The van der Waals surface area contributed by atoms with Gasteiger partial charge in [0.2, 0.25) is 0 Å². The molecule has 0 radical (unpaired) electrons. The zero-order valence-electron chi connectivity index (χ0n) is 16.5. The molecule has 1 saturated carbocycles. The molecule has 0 unspecified atom stereocenters. The lowest BCUT2D eigenvalue weighted by atomic mass is 10.2. The first-order valence-corrected chi connectivity index (χ1v) is 10.1. The van der Waals surface area contributed by atoms with Crippen LogP contribution in [0.3, 0.4) is 0 Å². The van der Waals surface area contributed by atoms with Gasteiger partial charge in [-0.25, -0.2) is 14.3 Å². The number of urea groups is 1. The molecular weight excluding hydrogens is 406 g/mol. The van der Waals surface area contributed by atoms with E-state index in [2.05, 4.69) is 15.7 Å². The van der Waals surface area contributed by atoms with Gasteiger partial charge in [-0.05, 0) is 61.4 Å². The highest BCUT2D eigenvalue weighted by Crippen LogP contribution is 2.36. The van der Waals surface area contributed by atoms with Crippen LogP contribution in [-0.4, -0.2) is 34.0 Å². The third-order valence-corrected chi connectivity index (χ3v) is 5.09. The zero-order valence-corrected chi connectivity index (χ0v) is 17.2. The Labute approximate surface area is 178 Å². The van der Waals surface area contributed by atoms with E-state index in [0.29, 0.717) is 16.5 Å². The SMILES string of the molecule is COc1ccc(-c2nn(CCNC(=O)Nc3ccc(Cl)cc3)c(=O)n2C2CC2)cc1. The highest BCUT2D eigenvalue weighted by molar-refractivity contribution is 6.30. The van der Waals surface area contributed by atoms with Crippen molar-refractivity contribution < 1.29 is 9.53 Å². The number of hydrogen-bond acceptors (Lipinski definition) is 4. The third kappa shape index (κ3) is 4.49. The summed E-state index contributed by atoms with van der Waals surface area (Å²) < 4.78 is 8.35. The molecule has 156 valence electrons. The lowest BCUT2D eigenvalue weighted by molar-refractivity contribution is 0.251. The Morgan fingerprint density at radius 3 is 2.50 bits per heavy atom. The number of ether oxygens (including phenoxy) is 1. The van der Waals surface area contributed by atoms with Crippen LogP contribution >= 0.6 is 11.6 Å². The predicted molar refractivity (Wildman–Crippen MR) is 115 cm³/mol. The van der Waals surface area contributed by atoms with Gasteiger partial charge >= 0.3 is 11.7 Å². The minimum Gasteiger partial charge on any atom is -0.497 e. The summed E-state index contributed by atoms with van der Waals surface area (Å²) in [5, 5.41) is 10.6. The Kier molecular flexibility index (Phi) is 5.76. The van der Waals surface area contributed by atoms with Crippen molar-refractivity contribution >= 4 is 23.3 Å². The van der Waals surface area contributed by atoms with Crippen LogP contribution in [0, 0.1) is 0 Å². The van der Waals surface area contributed by atoms with Crippen molar-refractivity contribution in [2.45, 2.75) is 25.4 Å². The van der Waals surface area contributed by atoms with Crippen LogP contribution in [0.2, 0.25) is 5.02 Å². The lowest BCUT2D eigenvalue weighted by Crippen LogP contribution is -2.34. The van der Waals surface area contributed by atoms with Crippen molar-refractivity contribution in [3.63, 3.8) is 0 Å². The monoisotopic (exact) mass is 427 g/mol. The number of anilines is 1. The summed E-state index contributed by atoms with van der Waals surface area (Å²) >= 11 is 5.84. The molecule has 0 aliphatic heterocycles. The Bertz CT molecular complexity index is 1090. The third-order valence-electron chi connectivity index (χ3n) is 4.84. The van der Waals surface area contributed by atoms with Gasteiger partial charge in [0.25, 0.3) is 0 Å². The number of rotatable bonds is 7. The van der Waals surface area contributed by atoms with E-state index in [4.69, 9.17) is 16.3 Å². The fourth-order valence-electron chi connectivity index (χ4n) is 3.15. The molecule has 9 heteroatoms. The number of carbonyl (C=O) groups is 1. The number of benzene rings is 2. The minimum absolute atomic E-state index is 0.164. The van der Waals surface area contributed by atoms with E-state index in [1.165, 1.54) is 4.68 Å². The summed E-state index contributed by atoms with van der Waals surface area (Å²) in [6.07, 6.45) is 1.94. The van der Waals surface area contributed by atoms with Crippen molar-refractivity contribution in [1.29, 1.82) is 0 Å². The maximum absolute atomic E-state index is 12.9. The normalized spacial score (nSPS) is 13.1. The van der Waals surface area contributed by atoms with Gasteiger partial charge in [-0.2, -0.15) is 0 Å². The number of nitrogens with zero attached hydrogens (tertiary/aromatic N) is 3. The first-order valence-electron chi connectivity index (χ1n) is 9.69. The molecule has 2 aromatic carbocycles. The van der Waals surface area contributed by atoms with E-state index in [1.807, 2.05) is 24.3 Å². The number of nitrogens with one attached hydrogen (secondary N) is 2. The summed E-state index contributed by atoms with van der Waals surface area (Å²) in [5.74, 6) is 1.38. The van der Waals surface area contributed by atoms with Crippen molar-refractivity contribution in [3.8, 4) is 17.1 Å². The van der Waals surface area contributed by atoms with E-state index < -0.39 is 0 Å². The molecule has 1 fully saturated rings. The highest BCUT2D eigenvalue weighted by atomic mass is 35.5. The number of methoxy groups -OCH3 is 1. The second-order valence-corrected chi connectivity index (χ2v) is 7.48. The van der Waals surface area contributed by atoms with Crippen molar-refractivity contribution in [1.82, 2.24) is 19.7 Å². The molecule has 2 amide bonds. The second kappa shape index (κ2) is 8.62. The van der Waals surface area contributed by atoms with Crippen molar-refractivity contribution in [2.24, 2.45) is 0 Å². The molecule has 1 aliphatic rings. The van der Waals surface area contributed by atoms with Gasteiger partial charge in [-0.15, -0.1) is 5.10 Å². The average molecular weight is 428 g/mol. The maximum Gasteiger partial charge on any atom is 0.346 e. The molecule has 3 aromatic rings. The largest absolute Gasteiger partial charge is 0.497 e. The summed E-state index contributed by atoms with van der Waals surface area (Å²) in [6, 6.07) is 14.1. The van der Waals surface area contributed by atoms with Crippen molar-refractivity contribution in [2.75, 3.05) is 19.0 Å². The van der Waals surface area contributed by atoms with Gasteiger partial charge in [0.15, 0.2) is 5.82 Å². The number of amides is 2. The maximum atomic E-state index is 12.9. The fraction of sp³-hybridized carbons (Fsp3) is 0.286. The van der Waals surface area contributed by atoms with Gasteiger partial charge in [0.05, 0.1) is 13.7 Å². The van der Waals surface area contributed by atoms with E-state index in [0.717, 1.165) is 24.2 Å². The first-order chi connectivity index (χ1) is 14.5. The van der Waals surface area contributed by atoms with Crippen LogP contribution in [0.1, 0.15) is 18.9 Å². The lowest BCUT2D eigenvalue weighted by Gasteiger charge is -2.07. The fourth-order valence-corrected chi connectivity index (χ4v) is 3.27. The number of hydrogen-bond donors (Lipinski definition) is 2. The van der Waals surface area contributed by atoms with Crippen LogP contribution in [0.5, 0.6) is 5.75 Å². The molecule has 0 bridgehead atoms. The average Bonchev–Trinajstić information content (AvgIpc) is 3.54. The summed E-state index contributed by atoms with van der Waals surface area (Å²) in [7, 11) is 1.61. The smallest absolute Gasteiger partial charge is 0.346 e. The van der Waals surface area contributed by atoms with Gasteiger partial charge in [-0.3, -0.25) is 4.57 Å². The van der Waals surface area contributed by atoms with Gasteiger partial charge in [0, 0.05) is 28.9 Å². The summed E-state index contributed by atoms with van der Waals surface area (Å²) in [4.78, 5) is 24.9. The summed E-state index contributed by atoms with van der Waals surface area (Å²) in [5.41, 5.74) is 1.32. The predicted octanol–water partition coefficient (Wildman–Crippen LogP) is 3.53. The molecule has 30 heavy (non-hydrogen) atoms. The molecule has 8 nitrogen and oxygen atoms in total. The van der Waals surface area contributed by atoms with Crippen LogP contribution in [0.15, 0.2) is 53.3 Å². The molecule has 4 rings (SSSR count). The number of halogens is 1. The van der Waals surface area contributed by atoms with E-state index >= 15 is 0 Å². The van der Waals surface area contributed by atoms with E-state index in [9.17, 15) is 9.59 Å². The Hall–Kier alpha value is -3.26. The van der Waals surface area contributed by atoms with Gasteiger partial charge in [-0.1, -0.05) is 11.6 Å². The Morgan fingerprint density at radius 2 is 1.87 bits per heavy atom. The molecule has 2 N–H and O–H groups in total. The number of carbonyl (C=O) groups excluding carboxylic acids is 1. The highest BCUT2D eigenvalue weighted by Gasteiger charge is 2.30. The molecule has 1 aliphatic carbocycles. The Balaban J connectivity index is 1.43. The first kappa shape index (κ1) is 20.0. The molecule has 0 spiro atoms. The second-order valence-electron chi connectivity index (χ2n) is 7.05. The molecular formula is C21H22ClN5O3. The molecule has 0 atom stereocenters. The van der Waals surface area contributed by atoms with Crippen LogP contribution in [0.25, 0.3) is 11.4 Å². The summed E-state index contributed by atoms with van der Waals surface area (Å²) in [6.45, 7) is 0.540. The van der Waals surface area contributed by atoms with E-state index in [-0.39, 0.29) is 30.9 Å². The van der Waals surface area contributed by atoms with Gasteiger partial charge in [0.1, 0.15) is 5.75 Å². The number of aromatic nitrogens is 3. The van der Waals surface area contributed by atoms with Crippen LogP contribution in [0.4, 0.5) is 10.5 Å². The topological polar surface area (TPSA) is 90.2 Å². The molecule has 1 aromatic heterocycles. The van der Waals surface area contributed by atoms with E-state index in [1.54, 1.807) is 35.9 Å². The minimum atomic E-state index is -0.359. The van der Waals surface area contributed by atoms with Crippen LogP contribution in [-0.2, 0) is 6.54 Å². The van der Waals surface area contributed by atoms with Crippen molar-refractivity contribution in [3.05, 3.63) is 64.0 Å². The van der Waals surface area contributed by atoms with Crippen LogP contribution < -0.4 is 21.1 Å². The molecule has 0 saturated heterocycles. The quantitative estimate of drug-likeness (QED) is 0.603.